The Morgan fingerprint density at radius 1 is 1.40 bits per heavy atom. The lowest BCUT2D eigenvalue weighted by molar-refractivity contribution is -0.201. The van der Waals surface area contributed by atoms with E-state index in [2.05, 4.69) is 4.74 Å². The van der Waals surface area contributed by atoms with E-state index in [9.17, 15) is 27.6 Å². The second kappa shape index (κ2) is 4.74. The number of amides is 1. The predicted molar refractivity (Wildman–Crippen MR) is 57.9 cm³/mol. The maximum Gasteiger partial charge on any atom is 0.491 e. The van der Waals surface area contributed by atoms with Crippen molar-refractivity contribution in [2.45, 2.75) is 31.1 Å². The van der Waals surface area contributed by atoms with E-state index in [-0.39, 0.29) is 11.5 Å². The summed E-state index contributed by atoms with van der Waals surface area (Å²) in [5.41, 5.74) is 4.95. The summed E-state index contributed by atoms with van der Waals surface area (Å²) in [7, 11) is 0. The molecular weight excluding hydrogens is 305 g/mol. The van der Waals surface area contributed by atoms with Crippen LogP contribution in [0, 0.1) is 0 Å². The first-order valence-corrected chi connectivity index (χ1v) is 5.83. The zero-order valence-electron chi connectivity index (χ0n) is 9.74. The number of carbonyl (C=O) groups excluding carboxylic acids is 3. The highest BCUT2D eigenvalue weighted by Gasteiger charge is 2.52. The molecule has 2 aliphatic heterocycles. The van der Waals surface area contributed by atoms with Crippen molar-refractivity contribution >= 4 is 29.4 Å². The molecule has 110 valence electrons. The summed E-state index contributed by atoms with van der Waals surface area (Å²) in [6, 6.07) is -1.35. The van der Waals surface area contributed by atoms with Gasteiger partial charge in [-0.1, -0.05) is 11.6 Å². The Morgan fingerprint density at radius 3 is 2.55 bits per heavy atom. The van der Waals surface area contributed by atoms with E-state index in [1.54, 1.807) is 0 Å². The van der Waals surface area contributed by atoms with Gasteiger partial charge in [0.05, 0.1) is 6.04 Å². The first kappa shape index (κ1) is 14.8. The molecule has 0 aromatic carbocycles. The van der Waals surface area contributed by atoms with Gasteiger partial charge in [0.15, 0.2) is 0 Å². The van der Waals surface area contributed by atoms with Crippen molar-refractivity contribution in [3.8, 4) is 0 Å². The Labute approximate surface area is 115 Å². The molecule has 2 N–H and O–H groups in total. The van der Waals surface area contributed by atoms with Crippen LogP contribution in [0.5, 0.6) is 0 Å². The minimum absolute atomic E-state index is 0.138. The zero-order valence-corrected chi connectivity index (χ0v) is 10.5. The molecule has 6 nitrogen and oxygen atoms in total. The van der Waals surface area contributed by atoms with Crippen molar-refractivity contribution in [1.82, 2.24) is 4.90 Å². The molecular formula is C10H8ClF3N2O4. The number of halogens is 4. The van der Waals surface area contributed by atoms with Crippen LogP contribution >= 0.6 is 11.6 Å². The molecule has 2 aliphatic rings. The van der Waals surface area contributed by atoms with Gasteiger partial charge in [0.25, 0.3) is 0 Å². The van der Waals surface area contributed by atoms with Gasteiger partial charge in [-0.05, 0) is 12.8 Å². The lowest BCUT2D eigenvalue weighted by atomic mass is 9.87. The van der Waals surface area contributed by atoms with Crippen molar-refractivity contribution in [2.75, 3.05) is 0 Å². The molecule has 0 aliphatic carbocycles. The Kier molecular flexibility index (Phi) is 3.51. The molecule has 2 rings (SSSR count). The molecule has 0 aromatic heterocycles. The van der Waals surface area contributed by atoms with E-state index in [1.165, 1.54) is 0 Å². The van der Waals surface area contributed by atoms with Crippen molar-refractivity contribution in [3.05, 3.63) is 10.7 Å². The fraction of sp³-hybridized carbons (Fsp3) is 0.500. The van der Waals surface area contributed by atoms with Crippen molar-refractivity contribution in [1.29, 1.82) is 0 Å². The molecule has 1 unspecified atom stereocenters. The summed E-state index contributed by atoms with van der Waals surface area (Å²) >= 11 is 5.73. The van der Waals surface area contributed by atoms with E-state index >= 15 is 0 Å². The highest BCUT2D eigenvalue weighted by Crippen LogP contribution is 2.37. The number of nitrogens with zero attached hydrogens (tertiary/aromatic N) is 1. The van der Waals surface area contributed by atoms with E-state index in [0.717, 1.165) is 4.90 Å². The van der Waals surface area contributed by atoms with Gasteiger partial charge in [-0.2, -0.15) is 13.2 Å². The van der Waals surface area contributed by atoms with Crippen molar-refractivity contribution < 1.29 is 32.3 Å². The molecule has 0 spiro atoms. The molecule has 2 heterocycles. The first-order chi connectivity index (χ1) is 9.14. The molecule has 0 saturated carbocycles. The maximum absolute atomic E-state index is 12.0. The predicted octanol–water partition coefficient (Wildman–Crippen LogP) is 0.401. The second-order valence-corrected chi connectivity index (χ2v) is 4.72. The SMILES string of the molecule is N[C@H]1C(=O)N2C(C(=O)OC(=O)C(F)(F)F)=C(Cl)CCC12. The average molecular weight is 313 g/mol. The molecule has 0 bridgehead atoms. The van der Waals surface area contributed by atoms with Gasteiger partial charge >= 0.3 is 18.1 Å². The van der Waals surface area contributed by atoms with E-state index in [1.807, 2.05) is 0 Å². The summed E-state index contributed by atoms with van der Waals surface area (Å²) < 4.78 is 39.8. The van der Waals surface area contributed by atoms with Gasteiger partial charge < -0.3 is 10.5 Å². The third-order valence-corrected chi connectivity index (χ3v) is 3.40. The standard InChI is InChI=1S/C10H8ClF3N2O4/c11-3-1-2-4-5(15)7(17)16(4)6(3)8(18)20-9(19)10(12,13)14/h4-5H,1-2,15H2/t4?,5-/m1/s1. The number of β-lactam (4-membered cyclic amide) rings is 1. The van der Waals surface area contributed by atoms with E-state index in [4.69, 9.17) is 17.3 Å². The Morgan fingerprint density at radius 2 is 2.00 bits per heavy atom. The molecule has 0 radical (unpaired) electrons. The van der Waals surface area contributed by atoms with Crippen LogP contribution in [0.4, 0.5) is 13.2 Å². The number of allylic oxidation sites excluding steroid dienone is 1. The van der Waals surface area contributed by atoms with Crippen molar-refractivity contribution in [2.24, 2.45) is 5.73 Å². The maximum atomic E-state index is 12.0. The number of hydrogen-bond donors (Lipinski definition) is 1. The molecule has 10 heteroatoms. The second-order valence-electron chi connectivity index (χ2n) is 4.27. The van der Waals surface area contributed by atoms with Crippen LogP contribution in [0.25, 0.3) is 0 Å². The quantitative estimate of drug-likeness (QED) is 0.430. The van der Waals surface area contributed by atoms with Crippen LogP contribution in [-0.4, -0.2) is 41.0 Å². The van der Waals surface area contributed by atoms with Crippen LogP contribution in [0.1, 0.15) is 12.8 Å². The van der Waals surface area contributed by atoms with E-state index in [0.29, 0.717) is 6.42 Å². The van der Waals surface area contributed by atoms with E-state index < -0.39 is 41.8 Å². The fourth-order valence-electron chi connectivity index (χ4n) is 2.07. The Balaban J connectivity index is 2.20. The molecule has 20 heavy (non-hydrogen) atoms. The summed E-state index contributed by atoms with van der Waals surface area (Å²) in [5.74, 6) is -4.93. The molecule has 0 aromatic rings. The number of ether oxygens (including phenoxy) is 1. The lowest BCUT2D eigenvalue weighted by Gasteiger charge is -2.48. The first-order valence-electron chi connectivity index (χ1n) is 5.45. The van der Waals surface area contributed by atoms with Crippen LogP contribution in [0.2, 0.25) is 0 Å². The number of rotatable bonds is 1. The lowest BCUT2D eigenvalue weighted by Crippen LogP contribution is -2.69. The average Bonchev–Trinajstić information content (AvgIpc) is 2.36. The van der Waals surface area contributed by atoms with Gasteiger partial charge in [-0.3, -0.25) is 9.69 Å². The topological polar surface area (TPSA) is 89.7 Å². The highest BCUT2D eigenvalue weighted by molar-refractivity contribution is 6.32. The van der Waals surface area contributed by atoms with Crippen LogP contribution < -0.4 is 5.73 Å². The van der Waals surface area contributed by atoms with Gasteiger partial charge in [-0.15, -0.1) is 0 Å². The monoisotopic (exact) mass is 312 g/mol. The summed E-state index contributed by atoms with van der Waals surface area (Å²) in [6.07, 6.45) is -4.77. The number of alkyl halides is 3. The number of esters is 2. The molecule has 2 atom stereocenters. The normalized spacial score (nSPS) is 26.1. The number of hydrogen-bond acceptors (Lipinski definition) is 5. The third kappa shape index (κ3) is 2.27. The fourth-order valence-corrected chi connectivity index (χ4v) is 2.35. The van der Waals surface area contributed by atoms with Gasteiger partial charge in [0.2, 0.25) is 5.91 Å². The zero-order chi connectivity index (χ0) is 15.2. The smallest absolute Gasteiger partial charge is 0.382 e. The molecule has 1 saturated heterocycles. The third-order valence-electron chi connectivity index (χ3n) is 3.04. The minimum atomic E-state index is -5.31. The van der Waals surface area contributed by atoms with Crippen molar-refractivity contribution in [3.63, 3.8) is 0 Å². The summed E-state index contributed by atoms with van der Waals surface area (Å²) in [5, 5.41) is -0.138. The summed E-state index contributed by atoms with van der Waals surface area (Å²) in [4.78, 5) is 34.6. The van der Waals surface area contributed by atoms with Gasteiger partial charge in [-0.25, -0.2) is 9.59 Å². The molecule has 1 amide bonds. The number of fused-ring (bicyclic) bond motifs is 1. The Bertz CT molecular complexity index is 531. The number of carbonyl (C=O) groups is 3. The largest absolute Gasteiger partial charge is 0.491 e. The highest BCUT2D eigenvalue weighted by atomic mass is 35.5. The van der Waals surface area contributed by atoms with Gasteiger partial charge in [0, 0.05) is 5.03 Å². The van der Waals surface area contributed by atoms with Crippen LogP contribution in [-0.2, 0) is 19.1 Å². The van der Waals surface area contributed by atoms with Crippen LogP contribution in [0.15, 0.2) is 10.7 Å². The number of nitrogens with two attached hydrogens (primary N) is 1. The Hall–Kier alpha value is -1.61. The molecule has 1 fully saturated rings. The summed E-state index contributed by atoms with van der Waals surface area (Å²) in [6.45, 7) is 0. The minimum Gasteiger partial charge on any atom is -0.382 e. The van der Waals surface area contributed by atoms with Crippen LogP contribution in [0.3, 0.4) is 0 Å². The van der Waals surface area contributed by atoms with Gasteiger partial charge in [0.1, 0.15) is 11.7 Å².